The maximum atomic E-state index is 11.5. The molecule has 0 aromatic heterocycles. The predicted molar refractivity (Wildman–Crippen MR) is 48.0 cm³/mol. The average molecular weight is 194 g/mol. The van der Waals surface area contributed by atoms with Crippen LogP contribution in [0.1, 0.15) is 20.3 Å². The minimum Gasteiger partial charge on any atom is -0.393 e. The number of carbonyl (C=O) groups excluding carboxylic acids is 2. The summed E-state index contributed by atoms with van der Waals surface area (Å²) < 4.78 is 4.73. The fourth-order valence-corrected chi connectivity index (χ4v) is 3.88. The van der Waals surface area contributed by atoms with Gasteiger partial charge in [0.15, 0.2) is 0 Å². The molecule has 14 heavy (non-hydrogen) atoms. The van der Waals surface area contributed by atoms with Crippen molar-refractivity contribution in [2.75, 3.05) is 0 Å². The smallest absolute Gasteiger partial charge is 0.317 e. The minimum atomic E-state index is -0.258. The number of hydrogen-bond acceptors (Lipinski definition) is 3. The van der Waals surface area contributed by atoms with Crippen LogP contribution in [0.25, 0.3) is 0 Å². The van der Waals surface area contributed by atoms with E-state index in [2.05, 4.69) is 13.8 Å². The molecule has 2 aliphatic carbocycles. The fraction of sp³-hybridized carbons (Fsp3) is 0.818. The summed E-state index contributed by atoms with van der Waals surface area (Å²) in [5.41, 5.74) is 0. The first-order chi connectivity index (χ1) is 6.61. The van der Waals surface area contributed by atoms with Gasteiger partial charge >= 0.3 is 11.9 Å². The van der Waals surface area contributed by atoms with E-state index in [1.807, 2.05) is 0 Å². The van der Waals surface area contributed by atoms with Crippen molar-refractivity contribution in [2.45, 2.75) is 20.3 Å². The second-order valence-corrected chi connectivity index (χ2v) is 5.07. The Hall–Kier alpha value is -0.860. The molecule has 2 saturated carbocycles. The molecule has 3 rings (SSSR count). The molecule has 0 N–H and O–H groups in total. The van der Waals surface area contributed by atoms with E-state index in [4.69, 9.17) is 4.74 Å². The number of ether oxygens (including phenoxy) is 1. The molecule has 0 amide bonds. The van der Waals surface area contributed by atoms with E-state index in [9.17, 15) is 9.59 Å². The van der Waals surface area contributed by atoms with Crippen LogP contribution in [0.5, 0.6) is 0 Å². The molecule has 2 bridgehead atoms. The summed E-state index contributed by atoms with van der Waals surface area (Å²) in [6.07, 6.45) is 1.05. The van der Waals surface area contributed by atoms with Gasteiger partial charge in [0, 0.05) is 0 Å². The van der Waals surface area contributed by atoms with Crippen LogP contribution in [-0.2, 0) is 14.3 Å². The van der Waals surface area contributed by atoms with Gasteiger partial charge in [-0.2, -0.15) is 0 Å². The standard InChI is InChI=1S/C11H14O3/c1-4-5(2)7-3-6(4)8-9(7)11(13)14-10(8)12/h4-9H,3H2,1-2H3. The van der Waals surface area contributed by atoms with Gasteiger partial charge in [-0.3, -0.25) is 9.59 Å². The molecule has 0 spiro atoms. The Morgan fingerprint density at radius 1 is 1.00 bits per heavy atom. The molecule has 1 saturated heterocycles. The van der Waals surface area contributed by atoms with Gasteiger partial charge in [-0.25, -0.2) is 0 Å². The summed E-state index contributed by atoms with van der Waals surface area (Å²) in [4.78, 5) is 22.9. The van der Waals surface area contributed by atoms with Gasteiger partial charge in [0.1, 0.15) is 0 Å². The number of carbonyl (C=O) groups is 2. The first-order valence-corrected chi connectivity index (χ1v) is 5.37. The first-order valence-electron chi connectivity index (χ1n) is 5.37. The Bertz CT molecular complexity index is 292. The van der Waals surface area contributed by atoms with Crippen LogP contribution < -0.4 is 0 Å². The fourth-order valence-electron chi connectivity index (χ4n) is 3.88. The highest BCUT2D eigenvalue weighted by Gasteiger charge is 2.64. The van der Waals surface area contributed by atoms with Gasteiger partial charge < -0.3 is 4.74 Å². The third kappa shape index (κ3) is 0.748. The van der Waals surface area contributed by atoms with Crippen molar-refractivity contribution in [3.05, 3.63) is 0 Å². The Morgan fingerprint density at radius 3 is 1.86 bits per heavy atom. The number of cyclic esters (lactones) is 2. The molecule has 1 heterocycles. The third-order valence-corrected chi connectivity index (χ3v) is 4.78. The lowest BCUT2D eigenvalue weighted by Gasteiger charge is -2.30. The monoisotopic (exact) mass is 194 g/mol. The molecular formula is C11H14O3. The molecule has 1 aliphatic heterocycles. The second kappa shape index (κ2) is 2.38. The lowest BCUT2D eigenvalue weighted by molar-refractivity contribution is -0.154. The van der Waals surface area contributed by atoms with E-state index in [0.29, 0.717) is 23.7 Å². The molecule has 6 unspecified atom stereocenters. The van der Waals surface area contributed by atoms with E-state index < -0.39 is 0 Å². The normalized spacial score (nSPS) is 55.0. The van der Waals surface area contributed by atoms with E-state index in [-0.39, 0.29) is 23.8 Å². The van der Waals surface area contributed by atoms with Gasteiger partial charge in [-0.1, -0.05) is 13.8 Å². The summed E-state index contributed by atoms with van der Waals surface area (Å²) in [7, 11) is 0. The topological polar surface area (TPSA) is 43.4 Å². The lowest BCUT2D eigenvalue weighted by atomic mass is 9.70. The van der Waals surface area contributed by atoms with E-state index >= 15 is 0 Å². The maximum absolute atomic E-state index is 11.5. The molecule has 76 valence electrons. The number of esters is 2. The van der Waals surface area contributed by atoms with Gasteiger partial charge in [-0.15, -0.1) is 0 Å². The molecule has 3 heteroatoms. The second-order valence-electron chi connectivity index (χ2n) is 5.07. The van der Waals surface area contributed by atoms with Crippen LogP contribution in [0.15, 0.2) is 0 Å². The van der Waals surface area contributed by atoms with Crippen molar-refractivity contribution in [3.8, 4) is 0 Å². The van der Waals surface area contributed by atoms with Crippen molar-refractivity contribution in [1.29, 1.82) is 0 Å². The predicted octanol–water partition coefficient (Wildman–Crippen LogP) is 1.22. The van der Waals surface area contributed by atoms with Gasteiger partial charge in [0.05, 0.1) is 11.8 Å². The summed E-state index contributed by atoms with van der Waals surface area (Å²) in [5.74, 6) is 1.23. The van der Waals surface area contributed by atoms with E-state index in [1.54, 1.807) is 0 Å². The van der Waals surface area contributed by atoms with Crippen LogP contribution in [0.3, 0.4) is 0 Å². The number of hydrogen-bond donors (Lipinski definition) is 0. The molecule has 6 atom stereocenters. The van der Waals surface area contributed by atoms with E-state index in [0.717, 1.165) is 6.42 Å². The Kier molecular flexibility index (Phi) is 1.44. The van der Waals surface area contributed by atoms with Gasteiger partial charge in [0.2, 0.25) is 0 Å². The Morgan fingerprint density at radius 2 is 1.43 bits per heavy atom. The van der Waals surface area contributed by atoms with Crippen LogP contribution in [0, 0.1) is 35.5 Å². The maximum Gasteiger partial charge on any atom is 0.317 e. The third-order valence-electron chi connectivity index (χ3n) is 4.78. The SMILES string of the molecule is CC1C(C)C2CC1C1C(=O)OC(=O)C21. The highest BCUT2D eigenvalue weighted by molar-refractivity contribution is 5.97. The highest BCUT2D eigenvalue weighted by atomic mass is 16.6. The Balaban J connectivity index is 2.01. The molecule has 3 nitrogen and oxygen atoms in total. The van der Waals surface area contributed by atoms with Crippen molar-refractivity contribution in [2.24, 2.45) is 35.5 Å². The van der Waals surface area contributed by atoms with Crippen molar-refractivity contribution >= 4 is 11.9 Å². The van der Waals surface area contributed by atoms with Crippen molar-refractivity contribution in [3.63, 3.8) is 0 Å². The summed E-state index contributed by atoms with van der Waals surface area (Å²) in [5, 5.41) is 0. The lowest BCUT2D eigenvalue weighted by Crippen LogP contribution is -2.34. The zero-order chi connectivity index (χ0) is 10.0. The first kappa shape index (κ1) is 8.45. The zero-order valence-corrected chi connectivity index (χ0v) is 8.40. The van der Waals surface area contributed by atoms with Crippen LogP contribution in [0.4, 0.5) is 0 Å². The zero-order valence-electron chi connectivity index (χ0n) is 8.40. The van der Waals surface area contributed by atoms with Crippen molar-refractivity contribution < 1.29 is 14.3 Å². The summed E-state index contributed by atoms with van der Waals surface area (Å²) in [6.45, 7) is 4.39. The van der Waals surface area contributed by atoms with Gasteiger partial charge in [0.25, 0.3) is 0 Å². The Labute approximate surface area is 82.8 Å². The minimum absolute atomic E-state index is 0.0984. The number of fused-ring (bicyclic) bond motifs is 5. The summed E-state index contributed by atoms with van der Waals surface area (Å²) >= 11 is 0. The highest BCUT2D eigenvalue weighted by Crippen LogP contribution is 2.60. The van der Waals surface area contributed by atoms with Gasteiger partial charge in [-0.05, 0) is 30.1 Å². The quantitative estimate of drug-likeness (QED) is 0.430. The average Bonchev–Trinajstić information content (AvgIpc) is 2.71. The number of rotatable bonds is 0. The van der Waals surface area contributed by atoms with Crippen LogP contribution >= 0.6 is 0 Å². The van der Waals surface area contributed by atoms with Crippen LogP contribution in [0.2, 0.25) is 0 Å². The largest absolute Gasteiger partial charge is 0.393 e. The summed E-state index contributed by atoms with van der Waals surface area (Å²) in [6, 6.07) is 0. The molecule has 0 radical (unpaired) electrons. The van der Waals surface area contributed by atoms with E-state index in [1.165, 1.54) is 0 Å². The molecule has 3 fully saturated rings. The molecular weight excluding hydrogens is 180 g/mol. The molecule has 0 aromatic carbocycles. The molecule has 3 aliphatic rings. The molecule has 0 aromatic rings. The van der Waals surface area contributed by atoms with Crippen molar-refractivity contribution in [1.82, 2.24) is 0 Å². The van der Waals surface area contributed by atoms with Crippen LogP contribution in [-0.4, -0.2) is 11.9 Å².